The number of pyridine rings is 1. The predicted octanol–water partition coefficient (Wildman–Crippen LogP) is 8.64. The number of nitrogens with zero attached hydrogens (tertiary/aromatic N) is 1. The summed E-state index contributed by atoms with van der Waals surface area (Å²) in [5, 5.41) is 9.99. The van der Waals surface area contributed by atoms with Gasteiger partial charge >= 0.3 is 12.1 Å². The minimum Gasteiger partial charge on any atom is -0.496 e. The fourth-order valence-corrected chi connectivity index (χ4v) is 5.41. The number of halogens is 4. The van der Waals surface area contributed by atoms with Crippen LogP contribution in [0.25, 0.3) is 33.2 Å². The first-order valence-electron chi connectivity index (χ1n) is 12.6. The molecule has 0 bridgehead atoms. The zero-order chi connectivity index (χ0) is 30.0. The lowest BCUT2D eigenvalue weighted by molar-refractivity contribution is -0.136. The van der Waals surface area contributed by atoms with E-state index in [9.17, 15) is 23.1 Å². The van der Waals surface area contributed by atoms with Crippen LogP contribution < -0.4 is 14.2 Å². The van der Waals surface area contributed by atoms with Crippen molar-refractivity contribution in [3.05, 3.63) is 106 Å². The van der Waals surface area contributed by atoms with Crippen molar-refractivity contribution in [1.82, 2.24) is 4.98 Å². The van der Waals surface area contributed by atoms with E-state index in [1.165, 1.54) is 26.5 Å². The molecule has 1 heterocycles. The Balaban J connectivity index is 1.60. The van der Waals surface area contributed by atoms with Gasteiger partial charge in [-0.25, -0.2) is 4.79 Å². The maximum absolute atomic E-state index is 13.9. The van der Waals surface area contributed by atoms with E-state index in [1.807, 2.05) is 30.3 Å². The van der Waals surface area contributed by atoms with Crippen LogP contribution >= 0.6 is 15.9 Å². The van der Waals surface area contributed by atoms with Crippen LogP contribution in [0.1, 0.15) is 21.5 Å². The number of carboxylic acids is 1. The first kappa shape index (κ1) is 28.9. The molecule has 0 fully saturated rings. The molecular weight excluding hydrogens is 615 g/mol. The second kappa shape index (κ2) is 11.7. The number of rotatable bonds is 8. The van der Waals surface area contributed by atoms with Crippen molar-refractivity contribution in [1.29, 1.82) is 0 Å². The zero-order valence-electron chi connectivity index (χ0n) is 22.3. The summed E-state index contributed by atoms with van der Waals surface area (Å²) in [6, 6.07) is 21.9. The van der Waals surface area contributed by atoms with E-state index >= 15 is 0 Å². The first-order valence-corrected chi connectivity index (χ1v) is 13.4. The predicted molar refractivity (Wildman–Crippen MR) is 156 cm³/mol. The molecule has 0 atom stereocenters. The molecule has 42 heavy (non-hydrogen) atoms. The molecule has 0 aliphatic rings. The number of carbonyl (C=O) groups is 1. The van der Waals surface area contributed by atoms with Crippen LogP contribution in [0.2, 0.25) is 0 Å². The van der Waals surface area contributed by atoms with Gasteiger partial charge in [0.15, 0.2) is 5.75 Å². The molecule has 0 unspecified atom stereocenters. The van der Waals surface area contributed by atoms with Crippen molar-refractivity contribution in [3.63, 3.8) is 0 Å². The van der Waals surface area contributed by atoms with Gasteiger partial charge in [-0.1, -0.05) is 54.6 Å². The van der Waals surface area contributed by atoms with Gasteiger partial charge in [0.05, 0.1) is 29.8 Å². The number of para-hydroxylation sites is 1. The quantitative estimate of drug-likeness (QED) is 0.183. The van der Waals surface area contributed by atoms with Gasteiger partial charge < -0.3 is 19.3 Å². The monoisotopic (exact) mass is 637 g/mol. The summed E-state index contributed by atoms with van der Waals surface area (Å²) >= 11 is 3.41. The average molecular weight is 638 g/mol. The van der Waals surface area contributed by atoms with Crippen molar-refractivity contribution in [2.24, 2.45) is 0 Å². The normalized spacial score (nSPS) is 11.4. The smallest absolute Gasteiger partial charge is 0.418 e. The van der Waals surface area contributed by atoms with Gasteiger partial charge in [0, 0.05) is 28.3 Å². The highest BCUT2D eigenvalue weighted by Gasteiger charge is 2.34. The van der Waals surface area contributed by atoms with Gasteiger partial charge in [-0.15, -0.1) is 0 Å². The molecule has 0 amide bonds. The lowest BCUT2D eigenvalue weighted by Crippen LogP contribution is -2.07. The van der Waals surface area contributed by atoms with Gasteiger partial charge in [0.1, 0.15) is 23.7 Å². The Hall–Kier alpha value is -4.57. The number of ether oxygens (including phenoxy) is 3. The number of hydrogen-bond donors (Lipinski definition) is 1. The van der Waals surface area contributed by atoms with Gasteiger partial charge in [-0.3, -0.25) is 4.98 Å². The summed E-state index contributed by atoms with van der Waals surface area (Å²) < 4.78 is 58.8. The molecule has 0 saturated carbocycles. The van der Waals surface area contributed by atoms with E-state index < -0.39 is 17.7 Å². The highest BCUT2D eigenvalue weighted by atomic mass is 79.9. The summed E-state index contributed by atoms with van der Waals surface area (Å²) in [7, 11) is 2.71. The minimum atomic E-state index is -4.57. The fourth-order valence-electron chi connectivity index (χ4n) is 4.82. The third kappa shape index (κ3) is 5.49. The Kier molecular flexibility index (Phi) is 8.08. The molecule has 10 heteroatoms. The topological polar surface area (TPSA) is 77.9 Å². The SMILES string of the molecule is COc1cc(COc2cccc(-c3c(-c4ccccc4)cnc4c(C(F)(F)F)cccc34)c2)c(Br)c(OC)c1C(=O)O. The average Bonchev–Trinajstić information content (AvgIpc) is 2.99. The van der Waals surface area contributed by atoms with Gasteiger partial charge in [0.25, 0.3) is 0 Å². The molecule has 5 aromatic rings. The molecule has 0 aliphatic heterocycles. The maximum Gasteiger partial charge on any atom is 0.418 e. The van der Waals surface area contributed by atoms with Crippen molar-refractivity contribution < 1.29 is 37.3 Å². The standard InChI is InChI=1S/C32H23BrF3NO5/c1-40-25-15-20(28(33)30(41-2)27(25)31(38)39)17-42-21-11-6-10-19(14-21)26-22-12-7-13-24(32(34,35)36)29(22)37-16-23(26)18-8-4-3-5-9-18/h3-16H,17H2,1-2H3,(H,38,39). The van der Waals surface area contributed by atoms with Gasteiger partial charge in [-0.05, 0) is 51.3 Å². The number of benzene rings is 4. The Bertz CT molecular complexity index is 1790. The highest BCUT2D eigenvalue weighted by molar-refractivity contribution is 9.10. The number of alkyl halides is 3. The Morgan fingerprint density at radius 1 is 0.929 bits per heavy atom. The van der Waals surface area contributed by atoms with Crippen LogP contribution in [0.15, 0.2) is 89.5 Å². The lowest BCUT2D eigenvalue weighted by atomic mass is 9.91. The zero-order valence-corrected chi connectivity index (χ0v) is 23.9. The number of carboxylic acid groups (broad SMARTS) is 1. The van der Waals surface area contributed by atoms with E-state index in [0.717, 1.165) is 11.6 Å². The molecule has 214 valence electrons. The minimum absolute atomic E-state index is 0.0114. The van der Waals surface area contributed by atoms with E-state index in [4.69, 9.17) is 14.2 Å². The highest BCUT2D eigenvalue weighted by Crippen LogP contribution is 2.43. The third-order valence-electron chi connectivity index (χ3n) is 6.70. The summed E-state index contributed by atoms with van der Waals surface area (Å²) in [6.45, 7) is 0.0114. The largest absolute Gasteiger partial charge is 0.496 e. The number of methoxy groups -OCH3 is 2. The maximum atomic E-state index is 13.9. The van der Waals surface area contributed by atoms with Gasteiger partial charge in [-0.2, -0.15) is 13.2 Å². The van der Waals surface area contributed by atoms with E-state index in [2.05, 4.69) is 20.9 Å². The molecular formula is C32H23BrF3NO5. The van der Waals surface area contributed by atoms with Crippen LogP contribution in [-0.2, 0) is 12.8 Å². The summed E-state index contributed by atoms with van der Waals surface area (Å²) in [5.41, 5.74) is 2.15. The molecule has 1 aromatic heterocycles. The van der Waals surface area contributed by atoms with Crippen molar-refractivity contribution >= 4 is 32.8 Å². The molecule has 5 rings (SSSR count). The van der Waals surface area contributed by atoms with Gasteiger partial charge in [0.2, 0.25) is 0 Å². The van der Waals surface area contributed by atoms with Crippen LogP contribution in [0.5, 0.6) is 17.2 Å². The fraction of sp³-hybridized carbons (Fsp3) is 0.125. The van der Waals surface area contributed by atoms with E-state index in [-0.39, 0.29) is 29.2 Å². The third-order valence-corrected chi connectivity index (χ3v) is 7.57. The van der Waals surface area contributed by atoms with Crippen LogP contribution in [0.3, 0.4) is 0 Å². The molecule has 1 N–H and O–H groups in total. The number of aromatic nitrogens is 1. The van der Waals surface area contributed by atoms with Crippen molar-refractivity contribution in [2.75, 3.05) is 14.2 Å². The van der Waals surface area contributed by atoms with E-state index in [1.54, 1.807) is 36.4 Å². The molecule has 0 saturated heterocycles. The van der Waals surface area contributed by atoms with Crippen LogP contribution in [0, 0.1) is 0 Å². The second-order valence-corrected chi connectivity index (χ2v) is 9.99. The van der Waals surface area contributed by atoms with Crippen molar-refractivity contribution in [3.8, 4) is 39.5 Å². The Labute approximate surface area is 247 Å². The van der Waals surface area contributed by atoms with Crippen LogP contribution in [0.4, 0.5) is 13.2 Å². The van der Waals surface area contributed by atoms with E-state index in [0.29, 0.717) is 37.9 Å². The van der Waals surface area contributed by atoms with Crippen LogP contribution in [-0.4, -0.2) is 30.3 Å². The number of aromatic carboxylic acids is 1. The molecule has 0 spiro atoms. The molecule has 0 radical (unpaired) electrons. The lowest BCUT2D eigenvalue weighted by Gasteiger charge is -2.18. The molecule has 6 nitrogen and oxygen atoms in total. The molecule has 4 aromatic carbocycles. The summed E-state index contributed by atoms with van der Waals surface area (Å²) in [6.07, 6.45) is -3.11. The summed E-state index contributed by atoms with van der Waals surface area (Å²) in [4.78, 5) is 16.0. The summed E-state index contributed by atoms with van der Waals surface area (Å²) in [5.74, 6) is -0.579. The second-order valence-electron chi connectivity index (χ2n) is 9.19. The first-order chi connectivity index (χ1) is 20.1. The van der Waals surface area contributed by atoms with Crippen molar-refractivity contribution in [2.45, 2.75) is 12.8 Å². The Morgan fingerprint density at radius 2 is 1.64 bits per heavy atom. The number of fused-ring (bicyclic) bond motifs is 1. The Morgan fingerprint density at radius 3 is 2.31 bits per heavy atom. The molecule has 0 aliphatic carbocycles. The number of hydrogen-bond acceptors (Lipinski definition) is 5.